The van der Waals surface area contributed by atoms with Gasteiger partial charge in [-0.05, 0) is 85.0 Å². The second kappa shape index (κ2) is 11.9. The molecule has 1 aromatic heterocycles. The summed E-state index contributed by atoms with van der Waals surface area (Å²) in [6.07, 6.45) is -3.40. The van der Waals surface area contributed by atoms with Gasteiger partial charge >= 0.3 is 6.18 Å². The van der Waals surface area contributed by atoms with Crippen molar-refractivity contribution in [2.45, 2.75) is 31.5 Å². The highest BCUT2D eigenvalue weighted by Crippen LogP contribution is 2.31. The normalized spacial score (nSPS) is 13.8. The zero-order valence-corrected chi connectivity index (χ0v) is 22.3. The number of aromatic nitrogens is 2. The van der Waals surface area contributed by atoms with Gasteiger partial charge in [-0.25, -0.2) is 4.68 Å². The Hall–Kier alpha value is -4.62. The molecule has 41 heavy (non-hydrogen) atoms. The van der Waals surface area contributed by atoms with Gasteiger partial charge in [-0.15, -0.1) is 0 Å². The summed E-state index contributed by atoms with van der Waals surface area (Å²) in [5.41, 5.74) is 2.64. The summed E-state index contributed by atoms with van der Waals surface area (Å²) in [5.74, 6) is 0.763. The van der Waals surface area contributed by atoms with E-state index in [2.05, 4.69) is 15.7 Å². The number of nitrogens with one attached hydrogen (secondary N) is 2. The van der Waals surface area contributed by atoms with Crippen molar-refractivity contribution in [1.29, 1.82) is 5.26 Å². The average molecular weight is 560 g/mol. The van der Waals surface area contributed by atoms with Gasteiger partial charge in [0.1, 0.15) is 11.4 Å². The summed E-state index contributed by atoms with van der Waals surface area (Å²) in [7, 11) is 1.61. The molecule has 1 aliphatic rings. The summed E-state index contributed by atoms with van der Waals surface area (Å²) in [5, 5.41) is 19.8. The van der Waals surface area contributed by atoms with Crippen LogP contribution in [0.15, 0.2) is 78.9 Å². The Bertz CT molecular complexity index is 1570. The lowest BCUT2D eigenvalue weighted by Gasteiger charge is -2.21. The van der Waals surface area contributed by atoms with Gasteiger partial charge in [0.05, 0.1) is 42.6 Å². The van der Waals surface area contributed by atoms with Gasteiger partial charge in [0.2, 0.25) is 0 Å². The smallest absolute Gasteiger partial charge is 0.394 e. The van der Waals surface area contributed by atoms with E-state index in [0.717, 1.165) is 34.2 Å². The SMILES string of the molecule is COc1ccc(C(NCC2CC2)c2cccc(NC(=O)c3cc(CC(F)(F)F)nn3-c3cccc(C#N)c3)c2)cc1. The van der Waals surface area contributed by atoms with E-state index in [1.54, 1.807) is 31.4 Å². The molecule has 3 aromatic carbocycles. The van der Waals surface area contributed by atoms with Crippen LogP contribution >= 0.6 is 0 Å². The third-order valence-corrected chi connectivity index (χ3v) is 6.83. The molecule has 1 unspecified atom stereocenters. The number of nitrogens with zero attached hydrogens (tertiary/aromatic N) is 3. The number of hydrogen-bond acceptors (Lipinski definition) is 5. The fourth-order valence-corrected chi connectivity index (χ4v) is 4.61. The van der Waals surface area contributed by atoms with E-state index in [0.29, 0.717) is 17.3 Å². The van der Waals surface area contributed by atoms with Crippen molar-refractivity contribution >= 4 is 11.6 Å². The molecule has 1 atom stereocenters. The summed E-state index contributed by atoms with van der Waals surface area (Å²) >= 11 is 0. The molecule has 0 saturated heterocycles. The molecule has 1 aliphatic carbocycles. The number of carbonyl (C=O) groups excluding carboxylic acids is 1. The zero-order chi connectivity index (χ0) is 29.0. The second-order valence-corrected chi connectivity index (χ2v) is 10.0. The molecule has 1 saturated carbocycles. The molecule has 5 rings (SSSR count). The highest BCUT2D eigenvalue weighted by Gasteiger charge is 2.31. The van der Waals surface area contributed by atoms with Gasteiger partial charge in [-0.2, -0.15) is 23.5 Å². The Kier molecular flexibility index (Phi) is 8.08. The number of alkyl halides is 3. The summed E-state index contributed by atoms with van der Waals surface area (Å²) < 4.78 is 45.9. The number of halogens is 3. The molecule has 4 aromatic rings. The average Bonchev–Trinajstić information content (AvgIpc) is 3.70. The van der Waals surface area contributed by atoms with Crippen molar-refractivity contribution < 1.29 is 22.7 Å². The highest BCUT2D eigenvalue weighted by atomic mass is 19.4. The van der Waals surface area contributed by atoms with E-state index in [1.807, 2.05) is 48.5 Å². The maximum atomic E-state index is 13.4. The number of ether oxygens (including phenoxy) is 1. The molecular formula is C31H28F3N5O2. The van der Waals surface area contributed by atoms with Crippen LogP contribution in [0.5, 0.6) is 5.75 Å². The number of methoxy groups -OCH3 is 1. The third kappa shape index (κ3) is 7.13. The van der Waals surface area contributed by atoms with Crippen LogP contribution in [0.2, 0.25) is 0 Å². The summed E-state index contributed by atoms with van der Waals surface area (Å²) in [6, 6.07) is 24.3. The minimum atomic E-state index is -4.50. The van der Waals surface area contributed by atoms with E-state index in [1.165, 1.54) is 18.9 Å². The van der Waals surface area contributed by atoms with Crippen molar-refractivity contribution in [2.24, 2.45) is 5.92 Å². The van der Waals surface area contributed by atoms with E-state index >= 15 is 0 Å². The molecule has 1 heterocycles. The van der Waals surface area contributed by atoms with Crippen LogP contribution in [0.3, 0.4) is 0 Å². The molecule has 1 fully saturated rings. The van der Waals surface area contributed by atoms with Crippen LogP contribution in [0.4, 0.5) is 18.9 Å². The van der Waals surface area contributed by atoms with Crippen LogP contribution in [-0.4, -0.2) is 35.5 Å². The van der Waals surface area contributed by atoms with Gasteiger partial charge in [-0.1, -0.05) is 30.3 Å². The van der Waals surface area contributed by atoms with E-state index in [-0.39, 0.29) is 23.0 Å². The quantitative estimate of drug-likeness (QED) is 0.242. The first-order valence-corrected chi connectivity index (χ1v) is 13.2. The predicted octanol–water partition coefficient (Wildman–Crippen LogP) is 6.20. The Labute approximate surface area is 235 Å². The standard InChI is InChI=1S/C31H28F3N5O2/c1-41-27-12-10-22(11-13-27)29(36-19-20-8-9-20)23-5-3-6-24(15-23)37-30(40)28-16-25(17-31(32,33)34)38-39(28)26-7-2-4-21(14-26)18-35/h2-7,10-16,20,29,36H,8-9,17,19H2,1H3,(H,37,40). The van der Waals surface area contributed by atoms with Crippen LogP contribution in [0.1, 0.15) is 51.8 Å². The highest BCUT2D eigenvalue weighted by molar-refractivity contribution is 6.03. The van der Waals surface area contributed by atoms with Crippen LogP contribution < -0.4 is 15.4 Å². The number of amides is 1. The first-order chi connectivity index (χ1) is 19.7. The molecular weight excluding hydrogens is 531 g/mol. The van der Waals surface area contributed by atoms with Gasteiger partial charge in [-0.3, -0.25) is 4.79 Å². The lowest BCUT2D eigenvalue weighted by Crippen LogP contribution is -2.25. The fraction of sp³-hybridized carbons (Fsp3) is 0.258. The number of anilines is 1. The van der Waals surface area contributed by atoms with Gasteiger partial charge < -0.3 is 15.4 Å². The molecule has 0 aliphatic heterocycles. The number of benzene rings is 3. The molecule has 2 N–H and O–H groups in total. The molecule has 0 bridgehead atoms. The third-order valence-electron chi connectivity index (χ3n) is 6.83. The number of nitriles is 1. The molecule has 0 spiro atoms. The molecule has 210 valence electrons. The van der Waals surface area contributed by atoms with E-state index in [4.69, 9.17) is 4.74 Å². The minimum absolute atomic E-state index is 0.0803. The Morgan fingerprint density at radius 1 is 1.07 bits per heavy atom. The van der Waals surface area contributed by atoms with Crippen molar-refractivity contribution in [3.8, 4) is 17.5 Å². The van der Waals surface area contributed by atoms with Crippen LogP contribution in [0.25, 0.3) is 5.69 Å². The predicted molar refractivity (Wildman–Crippen MR) is 148 cm³/mol. The fourth-order valence-electron chi connectivity index (χ4n) is 4.61. The lowest BCUT2D eigenvalue weighted by molar-refractivity contribution is -0.127. The Morgan fingerprint density at radius 3 is 2.51 bits per heavy atom. The van der Waals surface area contributed by atoms with Crippen molar-refractivity contribution in [1.82, 2.24) is 15.1 Å². The maximum absolute atomic E-state index is 13.4. The minimum Gasteiger partial charge on any atom is -0.497 e. The Morgan fingerprint density at radius 2 is 1.83 bits per heavy atom. The maximum Gasteiger partial charge on any atom is 0.394 e. The van der Waals surface area contributed by atoms with Crippen molar-refractivity contribution in [3.05, 3.63) is 107 Å². The largest absolute Gasteiger partial charge is 0.497 e. The summed E-state index contributed by atoms with van der Waals surface area (Å²) in [6.45, 7) is 0.857. The first kappa shape index (κ1) is 27.9. The van der Waals surface area contributed by atoms with E-state index in [9.17, 15) is 23.2 Å². The lowest BCUT2D eigenvalue weighted by atomic mass is 9.97. The van der Waals surface area contributed by atoms with Crippen LogP contribution in [-0.2, 0) is 6.42 Å². The van der Waals surface area contributed by atoms with Crippen LogP contribution in [0, 0.1) is 17.2 Å². The zero-order valence-electron chi connectivity index (χ0n) is 22.3. The van der Waals surface area contributed by atoms with Gasteiger partial charge in [0.25, 0.3) is 5.91 Å². The summed E-state index contributed by atoms with van der Waals surface area (Å²) in [4.78, 5) is 13.4. The van der Waals surface area contributed by atoms with Crippen molar-refractivity contribution in [2.75, 3.05) is 19.0 Å². The first-order valence-electron chi connectivity index (χ1n) is 13.2. The number of rotatable bonds is 10. The molecule has 7 nitrogen and oxygen atoms in total. The van der Waals surface area contributed by atoms with E-state index < -0.39 is 18.5 Å². The van der Waals surface area contributed by atoms with Gasteiger partial charge in [0, 0.05) is 5.69 Å². The molecule has 10 heteroatoms. The van der Waals surface area contributed by atoms with Gasteiger partial charge in [0.15, 0.2) is 0 Å². The molecule has 0 radical (unpaired) electrons. The topological polar surface area (TPSA) is 92.0 Å². The number of hydrogen-bond donors (Lipinski definition) is 2. The monoisotopic (exact) mass is 559 g/mol. The number of carbonyl (C=O) groups is 1. The molecule has 1 amide bonds. The van der Waals surface area contributed by atoms with Crippen molar-refractivity contribution in [3.63, 3.8) is 0 Å². The second-order valence-electron chi connectivity index (χ2n) is 10.0. The Balaban J connectivity index is 1.44.